The van der Waals surface area contributed by atoms with E-state index in [1.54, 1.807) is 13.1 Å². The highest BCUT2D eigenvalue weighted by molar-refractivity contribution is 7.90. The van der Waals surface area contributed by atoms with E-state index < -0.39 is 10.2 Å². The molecule has 0 unspecified atom stereocenters. The number of unbranched alkanes of at least 4 members (excludes halogenated alkanes) is 1. The topological polar surface area (TPSA) is 61.4 Å². The van der Waals surface area contributed by atoms with Gasteiger partial charge < -0.3 is 5.32 Å². The minimum Gasteiger partial charge on any atom is -0.313 e. The molecule has 0 amide bonds. The Labute approximate surface area is 122 Å². The molecule has 0 bridgehead atoms. The van der Waals surface area contributed by atoms with Crippen LogP contribution in [0.1, 0.15) is 32.3 Å². The lowest BCUT2D eigenvalue weighted by atomic mass is 10.2. The molecule has 0 radical (unpaired) electrons. The van der Waals surface area contributed by atoms with E-state index in [0.717, 1.165) is 24.9 Å². The van der Waals surface area contributed by atoms with Crippen LogP contribution in [-0.4, -0.2) is 32.9 Å². The quantitative estimate of drug-likeness (QED) is 0.735. The zero-order valence-corrected chi connectivity index (χ0v) is 13.3. The molecule has 0 heterocycles. The van der Waals surface area contributed by atoms with Gasteiger partial charge in [-0.25, -0.2) is 0 Å². The Morgan fingerprint density at radius 3 is 2.55 bits per heavy atom. The van der Waals surface area contributed by atoms with E-state index in [9.17, 15) is 8.42 Å². The predicted octanol–water partition coefficient (Wildman–Crippen LogP) is 2.18. The molecule has 0 aliphatic carbocycles. The van der Waals surface area contributed by atoms with Crippen molar-refractivity contribution < 1.29 is 8.42 Å². The van der Waals surface area contributed by atoms with Gasteiger partial charge in [0.25, 0.3) is 0 Å². The van der Waals surface area contributed by atoms with Gasteiger partial charge in [-0.1, -0.05) is 38.5 Å². The lowest BCUT2D eigenvalue weighted by Crippen LogP contribution is -2.33. The van der Waals surface area contributed by atoms with Gasteiger partial charge in [0.2, 0.25) is 0 Å². The highest BCUT2D eigenvalue weighted by atomic mass is 32.2. The predicted molar refractivity (Wildman–Crippen MR) is 83.9 cm³/mol. The molecule has 0 saturated carbocycles. The number of rotatable bonds is 9. The minimum absolute atomic E-state index is 0.529. The molecule has 20 heavy (non-hydrogen) atoms. The number of hydrogen-bond donors (Lipinski definition) is 2. The van der Waals surface area contributed by atoms with Crippen molar-refractivity contribution >= 4 is 15.9 Å². The summed E-state index contributed by atoms with van der Waals surface area (Å²) in [7, 11) is -1.88. The van der Waals surface area contributed by atoms with Crippen LogP contribution in [0.5, 0.6) is 0 Å². The van der Waals surface area contributed by atoms with Crippen molar-refractivity contribution in [3.05, 3.63) is 29.8 Å². The standard InChI is InChI=1S/C14H25N3O2S/c1-4-6-11-17(3)20(18,19)16-14-10-8-7-9-13(14)12-15-5-2/h7-10,15-16H,4-6,11-12H2,1-3H3. The van der Waals surface area contributed by atoms with E-state index in [1.807, 2.05) is 32.0 Å². The van der Waals surface area contributed by atoms with Crippen LogP contribution >= 0.6 is 0 Å². The Bertz CT molecular complexity index is 503. The van der Waals surface area contributed by atoms with Crippen molar-refractivity contribution in [3.8, 4) is 0 Å². The van der Waals surface area contributed by atoms with E-state index >= 15 is 0 Å². The van der Waals surface area contributed by atoms with Gasteiger partial charge in [0.1, 0.15) is 0 Å². The first-order valence-corrected chi connectivity index (χ1v) is 8.48. The van der Waals surface area contributed by atoms with Gasteiger partial charge in [-0.05, 0) is 24.6 Å². The van der Waals surface area contributed by atoms with Gasteiger partial charge in [0, 0.05) is 20.1 Å². The van der Waals surface area contributed by atoms with Crippen molar-refractivity contribution in [2.24, 2.45) is 0 Å². The molecule has 114 valence electrons. The lowest BCUT2D eigenvalue weighted by Gasteiger charge is -2.19. The van der Waals surface area contributed by atoms with Crippen LogP contribution in [0.15, 0.2) is 24.3 Å². The van der Waals surface area contributed by atoms with Crippen LogP contribution in [-0.2, 0) is 16.8 Å². The molecule has 1 aromatic carbocycles. The second-order valence-corrected chi connectivity index (χ2v) is 6.50. The number of anilines is 1. The summed E-state index contributed by atoms with van der Waals surface area (Å²) in [6, 6.07) is 7.45. The summed E-state index contributed by atoms with van der Waals surface area (Å²) in [5, 5.41) is 3.21. The van der Waals surface area contributed by atoms with E-state index in [4.69, 9.17) is 0 Å². The Hall–Kier alpha value is -1.11. The third-order valence-corrected chi connectivity index (χ3v) is 4.54. The van der Waals surface area contributed by atoms with Crippen molar-refractivity contribution in [1.82, 2.24) is 9.62 Å². The van der Waals surface area contributed by atoms with Crippen LogP contribution in [0.4, 0.5) is 5.69 Å². The van der Waals surface area contributed by atoms with Crippen LogP contribution in [0, 0.1) is 0 Å². The van der Waals surface area contributed by atoms with E-state index in [2.05, 4.69) is 10.0 Å². The average molecular weight is 299 g/mol. The van der Waals surface area contributed by atoms with Gasteiger partial charge in [-0.3, -0.25) is 4.72 Å². The summed E-state index contributed by atoms with van der Waals surface area (Å²) in [5.74, 6) is 0. The van der Waals surface area contributed by atoms with Crippen LogP contribution in [0.2, 0.25) is 0 Å². The number of benzene rings is 1. The number of nitrogens with zero attached hydrogens (tertiary/aromatic N) is 1. The maximum Gasteiger partial charge on any atom is 0.301 e. The summed E-state index contributed by atoms with van der Waals surface area (Å²) >= 11 is 0. The number of hydrogen-bond acceptors (Lipinski definition) is 3. The molecule has 1 rings (SSSR count). The fourth-order valence-corrected chi connectivity index (χ4v) is 2.75. The zero-order valence-electron chi connectivity index (χ0n) is 12.5. The van der Waals surface area contributed by atoms with E-state index in [1.165, 1.54) is 4.31 Å². The smallest absolute Gasteiger partial charge is 0.301 e. The molecule has 0 fully saturated rings. The summed E-state index contributed by atoms with van der Waals surface area (Å²) in [5.41, 5.74) is 1.58. The van der Waals surface area contributed by atoms with Crippen molar-refractivity contribution in [1.29, 1.82) is 0 Å². The highest BCUT2D eigenvalue weighted by Gasteiger charge is 2.18. The molecule has 1 aromatic rings. The Morgan fingerprint density at radius 2 is 1.90 bits per heavy atom. The van der Waals surface area contributed by atoms with Crippen LogP contribution < -0.4 is 10.0 Å². The fraction of sp³-hybridized carbons (Fsp3) is 0.571. The third-order valence-electron chi connectivity index (χ3n) is 3.06. The maximum atomic E-state index is 12.2. The lowest BCUT2D eigenvalue weighted by molar-refractivity contribution is 0.463. The zero-order chi connectivity index (χ0) is 15.0. The molecule has 0 aromatic heterocycles. The highest BCUT2D eigenvalue weighted by Crippen LogP contribution is 2.17. The van der Waals surface area contributed by atoms with Crippen LogP contribution in [0.25, 0.3) is 0 Å². The molecule has 0 aliphatic rings. The fourth-order valence-electron chi connectivity index (χ4n) is 1.75. The molecule has 0 aliphatic heterocycles. The van der Waals surface area contributed by atoms with Gasteiger partial charge >= 0.3 is 10.2 Å². The molecule has 0 atom stereocenters. The van der Waals surface area contributed by atoms with E-state index in [-0.39, 0.29) is 0 Å². The molecular weight excluding hydrogens is 274 g/mol. The second kappa shape index (κ2) is 8.24. The normalized spacial score (nSPS) is 11.8. The molecule has 5 nitrogen and oxygen atoms in total. The molecule has 0 saturated heterocycles. The van der Waals surface area contributed by atoms with Gasteiger partial charge in [0.15, 0.2) is 0 Å². The second-order valence-electron chi connectivity index (χ2n) is 4.72. The summed E-state index contributed by atoms with van der Waals surface area (Å²) < 4.78 is 28.5. The summed E-state index contributed by atoms with van der Waals surface area (Å²) in [6.07, 6.45) is 1.83. The summed E-state index contributed by atoms with van der Waals surface area (Å²) in [4.78, 5) is 0. The van der Waals surface area contributed by atoms with Gasteiger partial charge in [-0.15, -0.1) is 0 Å². The summed E-state index contributed by atoms with van der Waals surface area (Å²) in [6.45, 7) is 6.08. The maximum absolute atomic E-state index is 12.2. The molecule has 6 heteroatoms. The first kappa shape index (κ1) is 16.9. The van der Waals surface area contributed by atoms with Gasteiger partial charge in [-0.2, -0.15) is 12.7 Å². The largest absolute Gasteiger partial charge is 0.313 e. The Morgan fingerprint density at radius 1 is 1.20 bits per heavy atom. The van der Waals surface area contributed by atoms with Crippen LogP contribution in [0.3, 0.4) is 0 Å². The minimum atomic E-state index is -3.48. The van der Waals surface area contributed by atoms with Crippen molar-refractivity contribution in [2.75, 3.05) is 24.9 Å². The molecule has 0 spiro atoms. The first-order chi connectivity index (χ1) is 9.51. The number of nitrogens with one attached hydrogen (secondary N) is 2. The SMILES string of the molecule is CCCCN(C)S(=O)(=O)Nc1ccccc1CNCC. The van der Waals surface area contributed by atoms with E-state index in [0.29, 0.717) is 18.8 Å². The number of para-hydroxylation sites is 1. The first-order valence-electron chi connectivity index (χ1n) is 7.04. The average Bonchev–Trinajstić information content (AvgIpc) is 2.43. The third kappa shape index (κ3) is 5.11. The van der Waals surface area contributed by atoms with Crippen molar-refractivity contribution in [3.63, 3.8) is 0 Å². The van der Waals surface area contributed by atoms with Crippen molar-refractivity contribution in [2.45, 2.75) is 33.2 Å². The Kier molecular flexibility index (Phi) is 6.98. The molecule has 2 N–H and O–H groups in total. The Balaban J connectivity index is 2.81. The molecular formula is C14H25N3O2S. The van der Waals surface area contributed by atoms with Gasteiger partial charge in [0.05, 0.1) is 5.69 Å². The monoisotopic (exact) mass is 299 g/mol.